The largest absolute Gasteiger partial charge is 0.444 e. The van der Waals surface area contributed by atoms with Crippen LogP contribution in [0.25, 0.3) is 0 Å². The number of carbonyl (C=O) groups is 2. The minimum absolute atomic E-state index is 0.151. The molecule has 0 aromatic rings. The van der Waals surface area contributed by atoms with Gasteiger partial charge >= 0.3 is 6.09 Å². The Kier molecular flexibility index (Phi) is 3.07. The van der Waals surface area contributed by atoms with Gasteiger partial charge in [-0.05, 0) is 40.5 Å². The van der Waals surface area contributed by atoms with E-state index >= 15 is 0 Å². The van der Waals surface area contributed by atoms with Crippen LogP contribution in [-0.2, 0) is 9.53 Å². The van der Waals surface area contributed by atoms with Crippen LogP contribution in [0.3, 0.4) is 0 Å². The molecule has 0 saturated heterocycles. The van der Waals surface area contributed by atoms with Gasteiger partial charge in [0.15, 0.2) is 0 Å². The topological polar surface area (TPSA) is 55.4 Å². The minimum Gasteiger partial charge on any atom is -0.444 e. The Hall–Kier alpha value is -1.06. The number of ketones is 1. The van der Waals surface area contributed by atoms with Crippen LogP contribution in [0.2, 0.25) is 0 Å². The van der Waals surface area contributed by atoms with E-state index in [1.807, 2.05) is 20.8 Å². The van der Waals surface area contributed by atoms with Crippen LogP contribution >= 0.6 is 0 Å². The zero-order chi connectivity index (χ0) is 11.7. The average Bonchev–Trinajstić information content (AvgIpc) is 2.77. The molecule has 15 heavy (non-hydrogen) atoms. The van der Waals surface area contributed by atoms with Crippen LogP contribution in [0.1, 0.15) is 40.5 Å². The molecule has 0 aromatic carbocycles. The Morgan fingerprint density at radius 2 is 1.87 bits per heavy atom. The minimum atomic E-state index is -0.489. The van der Waals surface area contributed by atoms with Gasteiger partial charge in [-0.3, -0.25) is 4.79 Å². The Morgan fingerprint density at radius 1 is 1.33 bits per heavy atom. The van der Waals surface area contributed by atoms with Gasteiger partial charge in [0.2, 0.25) is 0 Å². The molecule has 0 heterocycles. The molecule has 1 rings (SSSR count). The first-order chi connectivity index (χ1) is 6.75. The molecule has 1 aliphatic carbocycles. The number of alkyl carbamates (subject to hydrolysis) is 1. The fraction of sp³-hybridized carbons (Fsp3) is 0.818. The molecule has 0 atom stereocenters. The van der Waals surface area contributed by atoms with Crippen molar-refractivity contribution in [3.05, 3.63) is 0 Å². The maximum atomic E-state index is 11.3. The molecule has 4 nitrogen and oxygen atoms in total. The molecule has 1 aliphatic rings. The number of amides is 1. The second kappa shape index (κ2) is 3.83. The van der Waals surface area contributed by atoms with E-state index in [0.717, 1.165) is 12.8 Å². The number of hydrogen-bond donors (Lipinski definition) is 1. The highest BCUT2D eigenvalue weighted by atomic mass is 16.6. The molecule has 0 radical (unpaired) electrons. The summed E-state index contributed by atoms with van der Waals surface area (Å²) >= 11 is 0. The van der Waals surface area contributed by atoms with Gasteiger partial charge in [0.1, 0.15) is 11.4 Å². The SMILES string of the molecule is CC(=O)C1(CNC(=O)OC(C)(C)C)CC1. The van der Waals surface area contributed by atoms with Crippen molar-refractivity contribution in [3.63, 3.8) is 0 Å². The van der Waals surface area contributed by atoms with E-state index in [9.17, 15) is 9.59 Å². The van der Waals surface area contributed by atoms with Gasteiger partial charge in [-0.15, -0.1) is 0 Å². The number of ether oxygens (including phenoxy) is 1. The second-order valence-electron chi connectivity index (χ2n) is 5.19. The smallest absolute Gasteiger partial charge is 0.407 e. The lowest BCUT2D eigenvalue weighted by Gasteiger charge is -2.20. The molecule has 0 unspecified atom stereocenters. The second-order valence-corrected chi connectivity index (χ2v) is 5.19. The van der Waals surface area contributed by atoms with E-state index in [-0.39, 0.29) is 11.2 Å². The predicted molar refractivity (Wildman–Crippen MR) is 56.6 cm³/mol. The summed E-state index contributed by atoms with van der Waals surface area (Å²) in [6, 6.07) is 0. The van der Waals surface area contributed by atoms with Gasteiger partial charge in [0.25, 0.3) is 0 Å². The number of Topliss-reactive ketones (excluding diaryl/α,β-unsaturated/α-hetero) is 1. The van der Waals surface area contributed by atoms with Gasteiger partial charge in [-0.2, -0.15) is 0 Å². The molecule has 86 valence electrons. The summed E-state index contributed by atoms with van der Waals surface area (Å²) in [6.45, 7) is 7.40. The van der Waals surface area contributed by atoms with Crippen molar-refractivity contribution in [2.75, 3.05) is 6.54 Å². The first-order valence-corrected chi connectivity index (χ1v) is 5.23. The fourth-order valence-electron chi connectivity index (χ4n) is 1.36. The van der Waals surface area contributed by atoms with E-state index < -0.39 is 11.7 Å². The molecule has 0 spiro atoms. The van der Waals surface area contributed by atoms with Crippen LogP contribution in [-0.4, -0.2) is 24.0 Å². The Labute approximate surface area is 90.4 Å². The van der Waals surface area contributed by atoms with Crippen molar-refractivity contribution in [2.45, 2.75) is 46.1 Å². The van der Waals surface area contributed by atoms with Crippen LogP contribution in [0.5, 0.6) is 0 Å². The van der Waals surface area contributed by atoms with Gasteiger partial charge < -0.3 is 10.1 Å². The quantitative estimate of drug-likeness (QED) is 0.778. The van der Waals surface area contributed by atoms with Crippen molar-refractivity contribution < 1.29 is 14.3 Å². The summed E-state index contributed by atoms with van der Waals surface area (Å²) in [6.07, 6.45) is 1.30. The number of hydrogen-bond acceptors (Lipinski definition) is 3. The van der Waals surface area contributed by atoms with Crippen molar-refractivity contribution in [3.8, 4) is 0 Å². The van der Waals surface area contributed by atoms with Gasteiger partial charge in [0.05, 0.1) is 0 Å². The molecule has 0 bridgehead atoms. The highest BCUT2D eigenvalue weighted by molar-refractivity contribution is 5.85. The predicted octanol–water partition coefficient (Wildman–Crippen LogP) is 1.88. The zero-order valence-electron chi connectivity index (χ0n) is 9.85. The van der Waals surface area contributed by atoms with Gasteiger partial charge in [-0.1, -0.05) is 0 Å². The highest BCUT2D eigenvalue weighted by Gasteiger charge is 2.47. The monoisotopic (exact) mass is 213 g/mol. The number of nitrogens with one attached hydrogen (secondary N) is 1. The Balaban J connectivity index is 2.32. The standard InChI is InChI=1S/C11H19NO3/c1-8(13)11(5-6-11)7-12-9(14)15-10(2,3)4/h5-7H2,1-4H3,(H,12,14). The third-order valence-corrected chi connectivity index (χ3v) is 2.57. The summed E-state index contributed by atoms with van der Waals surface area (Å²) in [4.78, 5) is 22.5. The lowest BCUT2D eigenvalue weighted by molar-refractivity contribution is -0.121. The van der Waals surface area contributed by atoms with E-state index in [1.54, 1.807) is 6.92 Å². The van der Waals surface area contributed by atoms with Gasteiger partial charge in [0, 0.05) is 12.0 Å². The maximum Gasteiger partial charge on any atom is 0.407 e. The number of rotatable bonds is 3. The summed E-state index contributed by atoms with van der Waals surface area (Å²) in [7, 11) is 0. The third kappa shape index (κ3) is 3.53. The van der Waals surface area contributed by atoms with Crippen LogP contribution < -0.4 is 5.32 Å². The maximum absolute atomic E-state index is 11.3. The molecular weight excluding hydrogens is 194 g/mol. The van der Waals surface area contributed by atoms with E-state index in [1.165, 1.54) is 0 Å². The molecule has 1 N–H and O–H groups in total. The Bertz CT molecular complexity index is 274. The fourth-order valence-corrected chi connectivity index (χ4v) is 1.36. The summed E-state index contributed by atoms with van der Waals surface area (Å²) in [5.41, 5.74) is -0.784. The average molecular weight is 213 g/mol. The van der Waals surface area contributed by atoms with Crippen LogP contribution in [0.4, 0.5) is 4.79 Å². The van der Waals surface area contributed by atoms with E-state index in [4.69, 9.17) is 4.74 Å². The van der Waals surface area contributed by atoms with Crippen molar-refractivity contribution in [1.82, 2.24) is 5.32 Å². The third-order valence-electron chi connectivity index (χ3n) is 2.57. The summed E-state index contributed by atoms with van der Waals surface area (Å²) in [5, 5.41) is 2.64. The van der Waals surface area contributed by atoms with Crippen molar-refractivity contribution in [1.29, 1.82) is 0 Å². The summed E-state index contributed by atoms with van der Waals surface area (Å²) in [5.74, 6) is 0.151. The molecule has 4 heteroatoms. The zero-order valence-corrected chi connectivity index (χ0v) is 9.85. The molecular formula is C11H19NO3. The van der Waals surface area contributed by atoms with E-state index in [0.29, 0.717) is 6.54 Å². The molecule has 0 aromatic heterocycles. The lowest BCUT2D eigenvalue weighted by Crippen LogP contribution is -2.37. The van der Waals surface area contributed by atoms with Crippen LogP contribution in [0.15, 0.2) is 0 Å². The normalized spacial score (nSPS) is 18.1. The van der Waals surface area contributed by atoms with E-state index in [2.05, 4.69) is 5.32 Å². The van der Waals surface area contributed by atoms with Gasteiger partial charge in [-0.25, -0.2) is 4.79 Å². The number of carbonyl (C=O) groups excluding carboxylic acids is 2. The molecule has 1 fully saturated rings. The lowest BCUT2D eigenvalue weighted by atomic mass is 10.0. The first kappa shape index (κ1) is 12.0. The molecule has 0 aliphatic heterocycles. The summed E-state index contributed by atoms with van der Waals surface area (Å²) < 4.78 is 5.08. The van der Waals surface area contributed by atoms with Crippen LogP contribution in [0, 0.1) is 5.41 Å². The molecule has 1 amide bonds. The van der Waals surface area contributed by atoms with Crippen molar-refractivity contribution in [2.24, 2.45) is 5.41 Å². The highest BCUT2D eigenvalue weighted by Crippen LogP contribution is 2.45. The Morgan fingerprint density at radius 3 is 2.20 bits per heavy atom. The van der Waals surface area contributed by atoms with Crippen molar-refractivity contribution >= 4 is 11.9 Å². The molecule has 1 saturated carbocycles. The first-order valence-electron chi connectivity index (χ1n) is 5.23.